The Morgan fingerprint density at radius 2 is 1.64 bits per heavy atom. The molecule has 2 nitrogen and oxygen atoms in total. The molecule has 0 heterocycles. The average molecular weight is 405 g/mol. The van der Waals surface area contributed by atoms with Gasteiger partial charge in [0.2, 0.25) is 0 Å². The van der Waals surface area contributed by atoms with E-state index in [1.54, 1.807) is 25.2 Å². The van der Waals surface area contributed by atoms with Crippen molar-refractivity contribution in [3.8, 4) is 5.75 Å². The quantitative estimate of drug-likeness (QED) is 0.623. The third-order valence-electron chi connectivity index (χ3n) is 5.14. The van der Waals surface area contributed by atoms with Crippen LogP contribution in [0.5, 0.6) is 5.75 Å². The molecule has 0 radical (unpaired) electrons. The minimum atomic E-state index is -4.64. The van der Waals surface area contributed by atoms with Crippen LogP contribution in [-0.4, -0.2) is 19.3 Å². The maximum absolute atomic E-state index is 13.8. The van der Waals surface area contributed by atoms with Crippen LogP contribution in [-0.2, 0) is 12.7 Å². The van der Waals surface area contributed by atoms with Gasteiger partial charge in [-0.25, -0.2) is 0 Å². The van der Waals surface area contributed by atoms with E-state index in [1.807, 2.05) is 0 Å². The van der Waals surface area contributed by atoms with E-state index in [2.05, 4.69) is 5.32 Å². The van der Waals surface area contributed by atoms with Gasteiger partial charge >= 0.3 is 12.4 Å². The van der Waals surface area contributed by atoms with Crippen LogP contribution in [0.3, 0.4) is 0 Å². The van der Waals surface area contributed by atoms with Crippen molar-refractivity contribution in [2.24, 2.45) is 5.92 Å². The predicted octanol–water partition coefficient (Wildman–Crippen LogP) is 6.08. The smallest absolute Gasteiger partial charge is 0.420 e. The molecule has 0 saturated heterocycles. The van der Waals surface area contributed by atoms with E-state index in [1.165, 1.54) is 12.1 Å². The van der Waals surface area contributed by atoms with Gasteiger partial charge in [0.15, 0.2) is 0 Å². The molecule has 1 fully saturated rings. The van der Waals surface area contributed by atoms with Gasteiger partial charge in [0, 0.05) is 6.54 Å². The van der Waals surface area contributed by atoms with Crippen LogP contribution in [0, 0.1) is 5.92 Å². The zero-order chi connectivity index (χ0) is 20.5. The first-order valence-electron chi connectivity index (χ1n) is 9.10. The largest absolute Gasteiger partial charge is 0.490 e. The van der Waals surface area contributed by atoms with Gasteiger partial charge in [0.1, 0.15) is 11.3 Å². The summed E-state index contributed by atoms with van der Waals surface area (Å²) in [5.41, 5.74) is -0.0266. The maximum Gasteiger partial charge on any atom is 0.420 e. The number of fused-ring (bicyclic) bond motifs is 1. The molecule has 1 aliphatic carbocycles. The van der Waals surface area contributed by atoms with E-state index in [9.17, 15) is 26.3 Å². The Labute approximate surface area is 158 Å². The highest BCUT2D eigenvalue weighted by molar-refractivity contribution is 5.89. The summed E-state index contributed by atoms with van der Waals surface area (Å²) in [6, 6.07) is 7.54. The molecule has 3 rings (SSSR count). The fraction of sp³-hybridized carbons (Fsp3) is 0.500. The highest BCUT2D eigenvalue weighted by atomic mass is 19.4. The van der Waals surface area contributed by atoms with Gasteiger partial charge < -0.3 is 10.1 Å². The Morgan fingerprint density at radius 3 is 2.21 bits per heavy atom. The van der Waals surface area contributed by atoms with E-state index in [0.717, 1.165) is 5.56 Å². The lowest BCUT2D eigenvalue weighted by molar-refractivity contribution is -0.185. The highest BCUT2D eigenvalue weighted by Crippen LogP contribution is 2.44. The molecule has 154 valence electrons. The summed E-state index contributed by atoms with van der Waals surface area (Å²) in [6.07, 6.45) is -9.65. The van der Waals surface area contributed by atoms with Gasteiger partial charge in [-0.1, -0.05) is 18.2 Å². The minimum absolute atomic E-state index is 0.0221. The molecule has 0 aliphatic heterocycles. The van der Waals surface area contributed by atoms with Crippen molar-refractivity contribution in [2.75, 3.05) is 7.05 Å². The molecule has 1 saturated carbocycles. The Kier molecular flexibility index (Phi) is 5.79. The second kappa shape index (κ2) is 7.81. The second-order valence-corrected chi connectivity index (χ2v) is 7.16. The first-order valence-corrected chi connectivity index (χ1v) is 9.10. The van der Waals surface area contributed by atoms with Gasteiger partial charge in [-0.15, -0.1) is 0 Å². The molecule has 2 aromatic rings. The SMILES string of the molecule is CNCc1ccc2c(C(F)(F)F)c(O[C@H]3CC[C@@H](C(F)(F)F)CC3)ccc2c1. The summed E-state index contributed by atoms with van der Waals surface area (Å²) in [5, 5.41) is 3.41. The Bertz CT molecular complexity index is 822. The number of halogens is 6. The van der Waals surface area contributed by atoms with Crippen LogP contribution >= 0.6 is 0 Å². The topological polar surface area (TPSA) is 21.3 Å². The van der Waals surface area contributed by atoms with Gasteiger partial charge in [0.05, 0.1) is 12.0 Å². The number of hydrogen-bond donors (Lipinski definition) is 1. The maximum atomic E-state index is 13.8. The summed E-state index contributed by atoms with van der Waals surface area (Å²) >= 11 is 0. The van der Waals surface area contributed by atoms with E-state index in [-0.39, 0.29) is 36.8 Å². The molecule has 1 N–H and O–H groups in total. The fourth-order valence-electron chi connectivity index (χ4n) is 3.75. The van der Waals surface area contributed by atoms with Gasteiger partial charge in [-0.2, -0.15) is 26.3 Å². The molecule has 0 amide bonds. The third kappa shape index (κ3) is 4.54. The Hall–Kier alpha value is -1.96. The normalized spacial score (nSPS) is 21.1. The van der Waals surface area contributed by atoms with Crippen molar-refractivity contribution in [1.82, 2.24) is 5.32 Å². The minimum Gasteiger partial charge on any atom is -0.490 e. The average Bonchev–Trinajstić information content (AvgIpc) is 2.60. The predicted molar refractivity (Wildman–Crippen MR) is 94.1 cm³/mol. The molecule has 2 aromatic carbocycles. The van der Waals surface area contributed by atoms with E-state index in [4.69, 9.17) is 4.74 Å². The molecule has 0 atom stereocenters. The molecule has 28 heavy (non-hydrogen) atoms. The number of nitrogens with one attached hydrogen (secondary N) is 1. The molecular formula is C20H21F6NO. The van der Waals surface area contributed by atoms with Crippen molar-refractivity contribution < 1.29 is 31.1 Å². The molecule has 1 aliphatic rings. The van der Waals surface area contributed by atoms with Crippen LogP contribution in [0.15, 0.2) is 30.3 Å². The van der Waals surface area contributed by atoms with E-state index in [0.29, 0.717) is 11.9 Å². The van der Waals surface area contributed by atoms with Crippen molar-refractivity contribution >= 4 is 10.8 Å². The zero-order valence-corrected chi connectivity index (χ0v) is 15.3. The van der Waals surface area contributed by atoms with Gasteiger partial charge in [-0.05, 0) is 61.2 Å². The molecular weight excluding hydrogens is 384 g/mol. The summed E-state index contributed by atoms with van der Waals surface area (Å²) in [6.45, 7) is 0.526. The lowest BCUT2D eigenvalue weighted by atomic mass is 9.87. The lowest BCUT2D eigenvalue weighted by Gasteiger charge is -2.31. The van der Waals surface area contributed by atoms with E-state index < -0.39 is 29.9 Å². The standard InChI is InChI=1S/C20H21F6NO/c1-27-11-12-2-8-16-13(10-12)3-9-17(18(16)20(24,25)26)28-15-6-4-14(5-7-15)19(21,22)23/h2-3,8-10,14-15,27H,4-7,11H2,1H3/t14-,15+. The highest BCUT2D eigenvalue weighted by Gasteiger charge is 2.42. The van der Waals surface area contributed by atoms with Crippen molar-refractivity contribution in [2.45, 2.75) is 50.7 Å². The third-order valence-corrected chi connectivity index (χ3v) is 5.14. The first-order chi connectivity index (χ1) is 13.1. The lowest BCUT2D eigenvalue weighted by Crippen LogP contribution is -2.32. The molecule has 0 aromatic heterocycles. The number of ether oxygens (including phenoxy) is 1. The fourth-order valence-corrected chi connectivity index (χ4v) is 3.75. The van der Waals surface area contributed by atoms with Gasteiger partial charge in [0.25, 0.3) is 0 Å². The summed E-state index contributed by atoms with van der Waals surface area (Å²) in [5.74, 6) is -1.73. The van der Waals surface area contributed by atoms with Crippen molar-refractivity contribution in [3.05, 3.63) is 41.5 Å². The Morgan fingerprint density at radius 1 is 0.964 bits per heavy atom. The van der Waals surface area contributed by atoms with Crippen molar-refractivity contribution in [1.29, 1.82) is 0 Å². The van der Waals surface area contributed by atoms with Crippen LogP contribution in [0.25, 0.3) is 10.8 Å². The molecule has 0 bridgehead atoms. The second-order valence-electron chi connectivity index (χ2n) is 7.16. The van der Waals surface area contributed by atoms with Crippen LogP contribution in [0.4, 0.5) is 26.3 Å². The Balaban J connectivity index is 1.88. The zero-order valence-electron chi connectivity index (χ0n) is 15.3. The van der Waals surface area contributed by atoms with Crippen molar-refractivity contribution in [3.63, 3.8) is 0 Å². The summed E-state index contributed by atoms with van der Waals surface area (Å²) in [4.78, 5) is 0. The van der Waals surface area contributed by atoms with Gasteiger partial charge in [-0.3, -0.25) is 0 Å². The number of hydrogen-bond acceptors (Lipinski definition) is 2. The molecule has 0 spiro atoms. The van der Waals surface area contributed by atoms with Crippen LogP contribution in [0.2, 0.25) is 0 Å². The van der Waals surface area contributed by atoms with E-state index >= 15 is 0 Å². The molecule has 0 unspecified atom stereocenters. The molecule has 8 heteroatoms. The first kappa shape index (κ1) is 20.8. The summed E-state index contributed by atoms with van der Waals surface area (Å²) < 4.78 is 85.2. The number of benzene rings is 2. The number of rotatable bonds is 4. The number of alkyl halides is 6. The van der Waals surface area contributed by atoms with Crippen LogP contribution < -0.4 is 10.1 Å². The summed E-state index contributed by atoms with van der Waals surface area (Å²) in [7, 11) is 1.75. The van der Waals surface area contributed by atoms with Crippen LogP contribution in [0.1, 0.15) is 36.8 Å². The monoisotopic (exact) mass is 405 g/mol.